The Hall–Kier alpha value is -3.41. The molecule has 1 atom stereocenters. The molecule has 0 aliphatic carbocycles. The Kier molecular flexibility index (Phi) is 3.78. The molecular formula is C19H16N4O2. The minimum atomic E-state index is -0.392. The maximum Gasteiger partial charge on any atom is 0.170 e. The number of anilines is 1. The van der Waals surface area contributed by atoms with Crippen molar-refractivity contribution in [2.24, 2.45) is 0 Å². The molecule has 3 aromatic heterocycles. The average molecular weight is 332 g/mol. The van der Waals surface area contributed by atoms with E-state index in [4.69, 9.17) is 4.52 Å². The van der Waals surface area contributed by atoms with Gasteiger partial charge in [0, 0.05) is 29.4 Å². The Balaban J connectivity index is 1.84. The van der Waals surface area contributed by atoms with Gasteiger partial charge in [0.05, 0.1) is 11.7 Å². The first kappa shape index (κ1) is 15.1. The van der Waals surface area contributed by atoms with E-state index in [2.05, 4.69) is 20.4 Å². The van der Waals surface area contributed by atoms with Gasteiger partial charge in [0.2, 0.25) is 0 Å². The summed E-state index contributed by atoms with van der Waals surface area (Å²) in [6.07, 6.45) is 3.38. The molecule has 0 spiro atoms. The Morgan fingerprint density at radius 1 is 1.04 bits per heavy atom. The Morgan fingerprint density at radius 2 is 1.92 bits per heavy atom. The van der Waals surface area contributed by atoms with Crippen molar-refractivity contribution in [3.05, 3.63) is 77.9 Å². The molecule has 0 amide bonds. The van der Waals surface area contributed by atoms with Crippen LogP contribution in [0.15, 0.2) is 65.4 Å². The van der Waals surface area contributed by atoms with Gasteiger partial charge < -0.3 is 14.9 Å². The molecule has 25 heavy (non-hydrogen) atoms. The largest absolute Gasteiger partial charge is 0.505 e. The fourth-order valence-electron chi connectivity index (χ4n) is 2.82. The SMILES string of the molecule is Cc1cc(N[C@@H](c2ccccn2)c2ccc3cccnc3c2O)no1. The number of aromatic hydroxyl groups is 1. The Morgan fingerprint density at radius 3 is 2.68 bits per heavy atom. The predicted octanol–water partition coefficient (Wildman–Crippen LogP) is 3.83. The second-order valence-corrected chi connectivity index (χ2v) is 5.73. The van der Waals surface area contributed by atoms with Gasteiger partial charge in [-0.05, 0) is 25.1 Å². The lowest BCUT2D eigenvalue weighted by Gasteiger charge is -2.20. The van der Waals surface area contributed by atoms with Crippen LogP contribution in [0, 0.1) is 6.92 Å². The van der Waals surface area contributed by atoms with Crippen LogP contribution in [0.4, 0.5) is 5.82 Å². The lowest BCUT2D eigenvalue weighted by Crippen LogP contribution is -2.14. The van der Waals surface area contributed by atoms with Crippen molar-refractivity contribution in [3.63, 3.8) is 0 Å². The number of nitrogens with zero attached hydrogens (tertiary/aromatic N) is 3. The van der Waals surface area contributed by atoms with Crippen LogP contribution in [0.1, 0.15) is 23.1 Å². The van der Waals surface area contributed by atoms with E-state index < -0.39 is 6.04 Å². The van der Waals surface area contributed by atoms with Crippen molar-refractivity contribution in [1.82, 2.24) is 15.1 Å². The van der Waals surface area contributed by atoms with Crippen LogP contribution >= 0.6 is 0 Å². The van der Waals surface area contributed by atoms with E-state index in [0.717, 1.165) is 11.1 Å². The fraction of sp³-hybridized carbons (Fsp3) is 0.105. The highest BCUT2D eigenvalue weighted by atomic mass is 16.5. The zero-order valence-corrected chi connectivity index (χ0v) is 13.5. The summed E-state index contributed by atoms with van der Waals surface area (Å²) in [4.78, 5) is 8.72. The van der Waals surface area contributed by atoms with Gasteiger partial charge in [0.25, 0.3) is 0 Å². The number of phenols is 1. The number of pyridine rings is 2. The van der Waals surface area contributed by atoms with Crippen molar-refractivity contribution in [1.29, 1.82) is 0 Å². The monoisotopic (exact) mass is 332 g/mol. The number of hydrogen-bond donors (Lipinski definition) is 2. The van der Waals surface area contributed by atoms with Crippen LogP contribution in [-0.2, 0) is 0 Å². The van der Waals surface area contributed by atoms with Gasteiger partial charge in [0.15, 0.2) is 5.82 Å². The average Bonchev–Trinajstić information content (AvgIpc) is 3.06. The summed E-state index contributed by atoms with van der Waals surface area (Å²) in [5.41, 5.74) is 1.98. The number of benzene rings is 1. The van der Waals surface area contributed by atoms with E-state index in [1.165, 1.54) is 0 Å². The number of phenolic OH excluding ortho intramolecular Hbond substituents is 1. The highest BCUT2D eigenvalue weighted by Gasteiger charge is 2.22. The van der Waals surface area contributed by atoms with Gasteiger partial charge in [-0.2, -0.15) is 0 Å². The third kappa shape index (κ3) is 2.89. The smallest absolute Gasteiger partial charge is 0.170 e. The number of nitrogens with one attached hydrogen (secondary N) is 1. The zero-order valence-electron chi connectivity index (χ0n) is 13.5. The standard InChI is InChI=1S/C19H16N4O2/c1-12-11-16(23-25-12)22-18(15-6-2-3-9-20-15)14-8-7-13-5-4-10-21-17(13)19(14)24/h2-11,18,24H,1H3,(H,22,23)/t18-/m1/s1. The molecule has 3 heterocycles. The molecule has 0 fully saturated rings. The van der Waals surface area contributed by atoms with Crippen LogP contribution in [0.2, 0.25) is 0 Å². The molecule has 4 aromatic rings. The van der Waals surface area contributed by atoms with E-state index >= 15 is 0 Å². The minimum absolute atomic E-state index is 0.126. The second-order valence-electron chi connectivity index (χ2n) is 5.73. The van der Waals surface area contributed by atoms with E-state index in [-0.39, 0.29) is 5.75 Å². The minimum Gasteiger partial charge on any atom is -0.505 e. The lowest BCUT2D eigenvalue weighted by atomic mass is 9.99. The predicted molar refractivity (Wildman–Crippen MR) is 94.4 cm³/mol. The third-order valence-corrected chi connectivity index (χ3v) is 3.99. The summed E-state index contributed by atoms with van der Waals surface area (Å²) < 4.78 is 5.13. The molecule has 6 nitrogen and oxygen atoms in total. The van der Waals surface area contributed by atoms with E-state index in [1.807, 2.05) is 49.4 Å². The van der Waals surface area contributed by atoms with Crippen molar-refractivity contribution < 1.29 is 9.63 Å². The van der Waals surface area contributed by atoms with Gasteiger partial charge in [-0.15, -0.1) is 0 Å². The molecule has 0 radical (unpaired) electrons. The first-order valence-electron chi connectivity index (χ1n) is 7.90. The molecule has 0 unspecified atom stereocenters. The topological polar surface area (TPSA) is 84.1 Å². The van der Waals surface area contributed by atoms with Crippen molar-refractivity contribution in [2.45, 2.75) is 13.0 Å². The molecule has 2 N–H and O–H groups in total. The molecule has 0 aliphatic rings. The summed E-state index contributed by atoms with van der Waals surface area (Å²) in [5.74, 6) is 1.40. The third-order valence-electron chi connectivity index (χ3n) is 3.99. The molecule has 0 bridgehead atoms. The molecule has 0 aliphatic heterocycles. The fourth-order valence-corrected chi connectivity index (χ4v) is 2.82. The summed E-state index contributed by atoms with van der Waals surface area (Å²) in [6.45, 7) is 1.82. The second kappa shape index (κ2) is 6.24. The molecule has 6 heteroatoms. The van der Waals surface area contributed by atoms with Crippen LogP contribution in [0.3, 0.4) is 0 Å². The normalized spacial score (nSPS) is 12.2. The first-order valence-corrected chi connectivity index (χ1v) is 7.90. The quantitative estimate of drug-likeness (QED) is 0.591. The Bertz CT molecular complexity index is 1010. The molecule has 0 saturated heterocycles. The summed E-state index contributed by atoms with van der Waals surface area (Å²) in [6, 6.07) is 14.6. The van der Waals surface area contributed by atoms with Crippen LogP contribution in [0.25, 0.3) is 10.9 Å². The van der Waals surface area contributed by atoms with Gasteiger partial charge in [-0.25, -0.2) is 0 Å². The van der Waals surface area contributed by atoms with Gasteiger partial charge in [-0.3, -0.25) is 9.97 Å². The van der Waals surface area contributed by atoms with Crippen molar-refractivity contribution in [2.75, 3.05) is 5.32 Å². The maximum absolute atomic E-state index is 10.8. The highest BCUT2D eigenvalue weighted by molar-refractivity contribution is 5.85. The molecule has 4 rings (SSSR count). The van der Waals surface area contributed by atoms with Crippen molar-refractivity contribution in [3.8, 4) is 5.75 Å². The molecule has 124 valence electrons. The zero-order chi connectivity index (χ0) is 17.2. The first-order chi connectivity index (χ1) is 12.2. The summed E-state index contributed by atoms with van der Waals surface area (Å²) in [7, 11) is 0. The number of aryl methyl sites for hydroxylation is 1. The lowest BCUT2D eigenvalue weighted by molar-refractivity contribution is 0.399. The summed E-state index contributed by atoms with van der Waals surface area (Å²) in [5, 5.41) is 18.9. The molecule has 0 saturated carbocycles. The number of hydrogen-bond acceptors (Lipinski definition) is 6. The van der Waals surface area contributed by atoms with Gasteiger partial charge >= 0.3 is 0 Å². The molecule has 1 aromatic carbocycles. The van der Waals surface area contributed by atoms with Crippen LogP contribution < -0.4 is 5.32 Å². The van der Waals surface area contributed by atoms with Gasteiger partial charge in [-0.1, -0.05) is 29.4 Å². The van der Waals surface area contributed by atoms with Crippen molar-refractivity contribution >= 4 is 16.7 Å². The number of aromatic nitrogens is 3. The van der Waals surface area contributed by atoms with Crippen LogP contribution in [-0.4, -0.2) is 20.2 Å². The van der Waals surface area contributed by atoms with E-state index in [9.17, 15) is 5.11 Å². The maximum atomic E-state index is 10.8. The van der Waals surface area contributed by atoms with E-state index in [0.29, 0.717) is 22.7 Å². The van der Waals surface area contributed by atoms with Gasteiger partial charge in [0.1, 0.15) is 17.0 Å². The number of rotatable bonds is 4. The Labute approximate surface area is 144 Å². The number of fused-ring (bicyclic) bond motifs is 1. The molecular weight excluding hydrogens is 316 g/mol. The van der Waals surface area contributed by atoms with E-state index in [1.54, 1.807) is 18.5 Å². The summed E-state index contributed by atoms with van der Waals surface area (Å²) >= 11 is 0. The van der Waals surface area contributed by atoms with Crippen LogP contribution in [0.5, 0.6) is 5.75 Å². The highest BCUT2D eigenvalue weighted by Crippen LogP contribution is 2.35.